The summed E-state index contributed by atoms with van der Waals surface area (Å²) < 4.78 is 1.73. The molecule has 0 atom stereocenters. The summed E-state index contributed by atoms with van der Waals surface area (Å²) in [6, 6.07) is 11.5. The van der Waals surface area contributed by atoms with E-state index >= 15 is 0 Å². The van der Waals surface area contributed by atoms with Gasteiger partial charge < -0.3 is 5.32 Å². The van der Waals surface area contributed by atoms with Crippen LogP contribution in [0.4, 0.5) is 5.82 Å². The fraction of sp³-hybridized carbons (Fsp3) is 0.0769. The van der Waals surface area contributed by atoms with Crippen molar-refractivity contribution in [2.24, 2.45) is 0 Å². The first kappa shape index (κ1) is 11.0. The molecule has 0 unspecified atom stereocenters. The zero-order chi connectivity index (χ0) is 12.4. The zero-order valence-corrected chi connectivity index (χ0v) is 10.3. The van der Waals surface area contributed by atoms with Crippen LogP contribution in [-0.4, -0.2) is 14.6 Å². The maximum Gasteiger partial charge on any atom is 0.157 e. The van der Waals surface area contributed by atoms with Crippen molar-refractivity contribution >= 4 is 23.1 Å². The molecule has 0 aliphatic heterocycles. The van der Waals surface area contributed by atoms with Gasteiger partial charge in [-0.1, -0.05) is 23.7 Å². The average Bonchev–Trinajstić information content (AvgIpc) is 2.85. The zero-order valence-electron chi connectivity index (χ0n) is 9.55. The van der Waals surface area contributed by atoms with Crippen molar-refractivity contribution < 1.29 is 0 Å². The Bertz CT molecular complexity index is 660. The van der Waals surface area contributed by atoms with E-state index in [-0.39, 0.29) is 0 Å². The monoisotopic (exact) mass is 258 g/mol. The lowest BCUT2D eigenvalue weighted by Gasteiger charge is -2.06. The molecule has 0 aliphatic rings. The maximum absolute atomic E-state index is 5.84. The van der Waals surface area contributed by atoms with Crippen molar-refractivity contribution in [2.75, 3.05) is 5.32 Å². The minimum Gasteiger partial charge on any atom is -0.366 e. The van der Waals surface area contributed by atoms with Gasteiger partial charge in [-0.05, 0) is 23.8 Å². The molecule has 0 spiro atoms. The molecule has 1 aromatic carbocycles. The Hall–Kier alpha value is -2.07. The number of rotatable bonds is 3. The summed E-state index contributed by atoms with van der Waals surface area (Å²) >= 11 is 5.84. The van der Waals surface area contributed by atoms with Crippen molar-refractivity contribution in [2.45, 2.75) is 6.54 Å². The Morgan fingerprint density at radius 1 is 1.11 bits per heavy atom. The minimum atomic E-state index is 0.717. The molecule has 0 aliphatic carbocycles. The highest BCUT2D eigenvalue weighted by atomic mass is 35.5. The molecule has 3 rings (SSSR count). The smallest absolute Gasteiger partial charge is 0.157 e. The predicted octanol–water partition coefficient (Wildman–Crippen LogP) is 2.99. The first-order valence-corrected chi connectivity index (χ1v) is 5.98. The van der Waals surface area contributed by atoms with E-state index in [2.05, 4.69) is 15.4 Å². The molecule has 4 nitrogen and oxygen atoms in total. The predicted molar refractivity (Wildman–Crippen MR) is 71.8 cm³/mol. The summed E-state index contributed by atoms with van der Waals surface area (Å²) in [4.78, 5) is 4.43. The molecular weight excluding hydrogens is 248 g/mol. The van der Waals surface area contributed by atoms with Crippen molar-refractivity contribution in [3.05, 3.63) is 59.4 Å². The molecule has 0 saturated heterocycles. The molecule has 18 heavy (non-hydrogen) atoms. The molecule has 0 amide bonds. The summed E-state index contributed by atoms with van der Waals surface area (Å²) in [6.45, 7) is 0.717. The number of anilines is 1. The van der Waals surface area contributed by atoms with E-state index in [1.807, 2.05) is 42.6 Å². The van der Waals surface area contributed by atoms with Crippen molar-refractivity contribution in [1.29, 1.82) is 0 Å². The van der Waals surface area contributed by atoms with E-state index in [4.69, 9.17) is 11.6 Å². The van der Waals surface area contributed by atoms with Gasteiger partial charge in [-0.2, -0.15) is 5.10 Å². The van der Waals surface area contributed by atoms with E-state index in [0.717, 1.165) is 22.1 Å². The first-order valence-electron chi connectivity index (χ1n) is 5.60. The second kappa shape index (κ2) is 4.66. The van der Waals surface area contributed by atoms with Crippen molar-refractivity contribution in [3.63, 3.8) is 0 Å². The molecule has 0 saturated carbocycles. The van der Waals surface area contributed by atoms with Gasteiger partial charge in [0.2, 0.25) is 0 Å². The van der Waals surface area contributed by atoms with Crippen LogP contribution in [0.3, 0.4) is 0 Å². The second-order valence-electron chi connectivity index (χ2n) is 3.93. The van der Waals surface area contributed by atoms with Crippen LogP contribution in [0.1, 0.15) is 5.56 Å². The third kappa shape index (κ3) is 2.28. The molecule has 3 aromatic rings. The normalized spacial score (nSPS) is 10.7. The summed E-state index contributed by atoms with van der Waals surface area (Å²) in [6.07, 6.45) is 3.61. The fourth-order valence-electron chi connectivity index (χ4n) is 1.71. The number of hydrogen-bond acceptors (Lipinski definition) is 3. The van der Waals surface area contributed by atoms with Crippen LogP contribution < -0.4 is 5.32 Å². The number of hydrogen-bond donors (Lipinski definition) is 1. The van der Waals surface area contributed by atoms with Gasteiger partial charge in [0.25, 0.3) is 0 Å². The number of nitrogens with zero attached hydrogens (tertiary/aromatic N) is 3. The Kier molecular flexibility index (Phi) is 2.86. The van der Waals surface area contributed by atoms with Crippen LogP contribution in [0.25, 0.3) is 5.65 Å². The third-order valence-electron chi connectivity index (χ3n) is 2.64. The number of halogens is 1. The minimum absolute atomic E-state index is 0.717. The standard InChI is InChI=1S/C13H11ClN4/c14-11-3-1-10(2-4-11)9-15-12-6-8-18-13(17-12)5-7-16-18/h1-8H,9H2,(H,15,17). The van der Waals surface area contributed by atoms with Gasteiger partial charge in [-0.15, -0.1) is 0 Å². The molecule has 90 valence electrons. The topological polar surface area (TPSA) is 42.2 Å². The SMILES string of the molecule is Clc1ccc(CNc2ccn3nccc3n2)cc1. The number of nitrogens with one attached hydrogen (secondary N) is 1. The molecule has 2 aromatic heterocycles. The van der Waals surface area contributed by atoms with Gasteiger partial charge in [0.1, 0.15) is 5.82 Å². The summed E-state index contributed by atoms with van der Waals surface area (Å²) in [5.74, 6) is 0.831. The van der Waals surface area contributed by atoms with Gasteiger partial charge in [0, 0.05) is 23.8 Å². The van der Waals surface area contributed by atoms with E-state index in [0.29, 0.717) is 6.54 Å². The fourth-order valence-corrected chi connectivity index (χ4v) is 1.83. The number of benzene rings is 1. The van der Waals surface area contributed by atoms with Crippen LogP contribution in [0.15, 0.2) is 48.8 Å². The Morgan fingerprint density at radius 2 is 1.94 bits per heavy atom. The maximum atomic E-state index is 5.84. The Labute approximate surface area is 109 Å². The summed E-state index contributed by atoms with van der Waals surface area (Å²) in [7, 11) is 0. The van der Waals surface area contributed by atoms with E-state index in [1.54, 1.807) is 10.7 Å². The number of fused-ring (bicyclic) bond motifs is 1. The van der Waals surface area contributed by atoms with Crippen LogP contribution in [0.2, 0.25) is 5.02 Å². The Balaban J connectivity index is 1.74. The average molecular weight is 259 g/mol. The molecular formula is C13H11ClN4. The molecule has 0 fully saturated rings. The second-order valence-corrected chi connectivity index (χ2v) is 4.36. The highest BCUT2D eigenvalue weighted by Gasteiger charge is 1.98. The van der Waals surface area contributed by atoms with Gasteiger partial charge in [0.05, 0.1) is 6.20 Å². The van der Waals surface area contributed by atoms with Gasteiger partial charge >= 0.3 is 0 Å². The van der Waals surface area contributed by atoms with Crippen LogP contribution in [-0.2, 0) is 6.54 Å². The molecule has 0 bridgehead atoms. The van der Waals surface area contributed by atoms with Crippen LogP contribution in [0.5, 0.6) is 0 Å². The third-order valence-corrected chi connectivity index (χ3v) is 2.90. The van der Waals surface area contributed by atoms with Gasteiger partial charge in [-0.3, -0.25) is 0 Å². The molecule has 0 radical (unpaired) electrons. The lowest BCUT2D eigenvalue weighted by atomic mass is 10.2. The van der Waals surface area contributed by atoms with Gasteiger partial charge in [0.15, 0.2) is 5.65 Å². The van der Waals surface area contributed by atoms with Gasteiger partial charge in [-0.25, -0.2) is 9.50 Å². The first-order chi connectivity index (χ1) is 8.81. The van der Waals surface area contributed by atoms with E-state index in [9.17, 15) is 0 Å². The number of aromatic nitrogens is 3. The van der Waals surface area contributed by atoms with E-state index < -0.39 is 0 Å². The van der Waals surface area contributed by atoms with Crippen molar-refractivity contribution in [1.82, 2.24) is 14.6 Å². The highest BCUT2D eigenvalue weighted by Crippen LogP contribution is 2.11. The quantitative estimate of drug-likeness (QED) is 0.785. The van der Waals surface area contributed by atoms with Crippen molar-refractivity contribution in [3.8, 4) is 0 Å². The summed E-state index contributed by atoms with van der Waals surface area (Å²) in [5.41, 5.74) is 1.99. The molecule has 5 heteroatoms. The van der Waals surface area contributed by atoms with Crippen LogP contribution in [0, 0.1) is 0 Å². The highest BCUT2D eigenvalue weighted by molar-refractivity contribution is 6.30. The van der Waals surface area contributed by atoms with E-state index in [1.165, 1.54) is 0 Å². The molecule has 1 N–H and O–H groups in total. The Morgan fingerprint density at radius 3 is 2.78 bits per heavy atom. The lowest BCUT2D eigenvalue weighted by molar-refractivity contribution is 0.936. The lowest BCUT2D eigenvalue weighted by Crippen LogP contribution is -2.02. The molecule has 2 heterocycles. The summed E-state index contributed by atoms with van der Waals surface area (Å²) in [5, 5.41) is 8.11. The largest absolute Gasteiger partial charge is 0.366 e. The van der Waals surface area contributed by atoms with Crippen LogP contribution >= 0.6 is 11.6 Å².